The van der Waals surface area contributed by atoms with Gasteiger partial charge in [-0.2, -0.15) is 5.10 Å². The number of carbonyl (C=O) groups excluding carboxylic acids is 1. The highest BCUT2D eigenvalue weighted by molar-refractivity contribution is 5.92. The van der Waals surface area contributed by atoms with Gasteiger partial charge < -0.3 is 5.73 Å². The Hall–Kier alpha value is -2.17. The number of carbonyl (C=O) groups is 1. The maximum absolute atomic E-state index is 12.7. The Labute approximate surface area is 91.5 Å². The van der Waals surface area contributed by atoms with Crippen molar-refractivity contribution in [2.45, 2.75) is 0 Å². The fourth-order valence-corrected chi connectivity index (χ4v) is 1.46. The predicted molar refractivity (Wildman–Crippen MR) is 57.1 cm³/mol. The number of primary amides is 1. The van der Waals surface area contributed by atoms with Gasteiger partial charge in [0.2, 0.25) is 0 Å². The molecule has 16 heavy (non-hydrogen) atoms. The molecule has 0 atom stereocenters. The molecule has 0 aliphatic carbocycles. The molecule has 1 aromatic heterocycles. The van der Waals surface area contributed by atoms with Gasteiger partial charge in [0.15, 0.2) is 0 Å². The van der Waals surface area contributed by atoms with E-state index in [-0.39, 0.29) is 5.82 Å². The van der Waals surface area contributed by atoms with E-state index in [0.717, 1.165) is 5.56 Å². The molecule has 0 saturated carbocycles. The zero-order chi connectivity index (χ0) is 11.7. The van der Waals surface area contributed by atoms with Crippen LogP contribution in [-0.2, 0) is 7.05 Å². The lowest BCUT2D eigenvalue weighted by molar-refractivity contribution is 0.0991. The number of amides is 1. The summed E-state index contributed by atoms with van der Waals surface area (Å²) in [5, 5.41) is 4.13. The van der Waals surface area contributed by atoms with Crippen molar-refractivity contribution < 1.29 is 9.18 Å². The average Bonchev–Trinajstić information content (AvgIpc) is 2.61. The number of nitrogens with two attached hydrogens (primary N) is 1. The monoisotopic (exact) mass is 219 g/mol. The molecule has 0 radical (unpaired) electrons. The average molecular weight is 219 g/mol. The van der Waals surface area contributed by atoms with Crippen LogP contribution in [0.4, 0.5) is 4.39 Å². The molecule has 82 valence electrons. The Balaban J connectivity index is 2.45. The van der Waals surface area contributed by atoms with Crippen LogP contribution < -0.4 is 5.73 Å². The summed E-state index contributed by atoms with van der Waals surface area (Å²) in [5.41, 5.74) is 6.82. The van der Waals surface area contributed by atoms with Crippen LogP contribution in [0.2, 0.25) is 0 Å². The van der Waals surface area contributed by atoms with Gasteiger partial charge in [-0.25, -0.2) is 4.39 Å². The number of hydrogen-bond acceptors (Lipinski definition) is 2. The predicted octanol–water partition coefficient (Wildman–Crippen LogP) is 1.33. The molecule has 0 fully saturated rings. The van der Waals surface area contributed by atoms with Gasteiger partial charge in [-0.3, -0.25) is 9.48 Å². The van der Waals surface area contributed by atoms with E-state index in [1.807, 2.05) is 0 Å². The van der Waals surface area contributed by atoms with Crippen molar-refractivity contribution in [2.24, 2.45) is 12.8 Å². The maximum atomic E-state index is 12.7. The maximum Gasteiger partial charge on any atom is 0.266 e. The minimum Gasteiger partial charge on any atom is -0.364 e. The lowest BCUT2D eigenvalue weighted by atomic mass is 10.1. The number of halogens is 1. The highest BCUT2D eigenvalue weighted by Gasteiger charge is 2.10. The van der Waals surface area contributed by atoms with E-state index in [4.69, 9.17) is 5.73 Å². The summed E-state index contributed by atoms with van der Waals surface area (Å²) in [6.07, 6.45) is 0. The third-order valence-corrected chi connectivity index (χ3v) is 2.27. The first-order valence-corrected chi connectivity index (χ1v) is 4.67. The molecule has 0 aliphatic heterocycles. The molecular weight excluding hydrogens is 209 g/mol. The Kier molecular flexibility index (Phi) is 2.44. The quantitative estimate of drug-likeness (QED) is 0.828. The highest BCUT2D eigenvalue weighted by atomic mass is 19.1. The lowest BCUT2D eigenvalue weighted by Crippen LogP contribution is -2.15. The van der Waals surface area contributed by atoms with Gasteiger partial charge in [-0.1, -0.05) is 0 Å². The summed E-state index contributed by atoms with van der Waals surface area (Å²) < 4.78 is 14.1. The van der Waals surface area contributed by atoms with Gasteiger partial charge in [-0.15, -0.1) is 0 Å². The SMILES string of the molecule is Cn1nc(-c2ccc(F)cc2)cc1C(N)=O. The number of nitrogens with zero attached hydrogens (tertiary/aromatic N) is 2. The summed E-state index contributed by atoms with van der Waals surface area (Å²) in [5.74, 6) is -0.849. The second-order valence-corrected chi connectivity index (χ2v) is 3.41. The van der Waals surface area contributed by atoms with Gasteiger partial charge in [-0.05, 0) is 30.3 Å². The van der Waals surface area contributed by atoms with Crippen LogP contribution in [-0.4, -0.2) is 15.7 Å². The topological polar surface area (TPSA) is 60.9 Å². The zero-order valence-electron chi connectivity index (χ0n) is 8.64. The standard InChI is InChI=1S/C11H10FN3O/c1-15-10(11(13)16)6-9(14-15)7-2-4-8(12)5-3-7/h2-6H,1H3,(H2,13,16). The van der Waals surface area contributed by atoms with E-state index >= 15 is 0 Å². The second-order valence-electron chi connectivity index (χ2n) is 3.41. The van der Waals surface area contributed by atoms with Crippen LogP contribution in [0.15, 0.2) is 30.3 Å². The zero-order valence-corrected chi connectivity index (χ0v) is 8.64. The Bertz CT molecular complexity index is 531. The molecule has 2 rings (SSSR count). The van der Waals surface area contributed by atoms with Crippen molar-refractivity contribution in [1.29, 1.82) is 0 Å². The Morgan fingerprint density at radius 3 is 2.50 bits per heavy atom. The van der Waals surface area contributed by atoms with Crippen LogP contribution >= 0.6 is 0 Å². The van der Waals surface area contributed by atoms with E-state index in [1.54, 1.807) is 25.2 Å². The van der Waals surface area contributed by atoms with Crippen LogP contribution in [0.1, 0.15) is 10.5 Å². The largest absolute Gasteiger partial charge is 0.364 e. The fraction of sp³-hybridized carbons (Fsp3) is 0.0909. The van der Waals surface area contributed by atoms with E-state index in [0.29, 0.717) is 11.4 Å². The van der Waals surface area contributed by atoms with E-state index in [1.165, 1.54) is 16.8 Å². The molecule has 4 nitrogen and oxygen atoms in total. The summed E-state index contributed by atoms with van der Waals surface area (Å²) in [4.78, 5) is 11.0. The van der Waals surface area contributed by atoms with Crippen molar-refractivity contribution in [3.8, 4) is 11.3 Å². The normalized spacial score (nSPS) is 10.4. The summed E-state index contributed by atoms with van der Waals surface area (Å²) >= 11 is 0. The van der Waals surface area contributed by atoms with Gasteiger partial charge in [0.25, 0.3) is 5.91 Å². The second kappa shape index (κ2) is 3.77. The van der Waals surface area contributed by atoms with Crippen molar-refractivity contribution >= 4 is 5.91 Å². The van der Waals surface area contributed by atoms with Gasteiger partial charge in [0.05, 0.1) is 5.69 Å². The summed E-state index contributed by atoms with van der Waals surface area (Å²) in [6, 6.07) is 7.46. The van der Waals surface area contributed by atoms with E-state index in [9.17, 15) is 9.18 Å². The molecule has 2 aromatic rings. The first-order valence-electron chi connectivity index (χ1n) is 4.67. The van der Waals surface area contributed by atoms with Gasteiger partial charge >= 0.3 is 0 Å². The van der Waals surface area contributed by atoms with E-state index < -0.39 is 5.91 Å². The Morgan fingerprint density at radius 1 is 1.38 bits per heavy atom. The molecule has 0 saturated heterocycles. The molecule has 5 heteroatoms. The minimum absolute atomic E-state index is 0.310. The number of aromatic nitrogens is 2. The van der Waals surface area contributed by atoms with Crippen LogP contribution in [0.25, 0.3) is 11.3 Å². The van der Waals surface area contributed by atoms with E-state index in [2.05, 4.69) is 5.10 Å². The molecule has 1 amide bonds. The molecule has 0 bridgehead atoms. The first kappa shape index (κ1) is 10.4. The number of benzene rings is 1. The molecule has 0 spiro atoms. The molecule has 0 unspecified atom stereocenters. The van der Waals surface area contributed by atoms with Gasteiger partial charge in [0, 0.05) is 12.6 Å². The minimum atomic E-state index is -0.539. The van der Waals surface area contributed by atoms with Gasteiger partial charge in [0.1, 0.15) is 11.5 Å². The summed E-state index contributed by atoms with van der Waals surface area (Å²) in [6.45, 7) is 0. The molecule has 2 N–H and O–H groups in total. The fourth-order valence-electron chi connectivity index (χ4n) is 1.46. The number of rotatable bonds is 2. The van der Waals surface area contributed by atoms with Crippen molar-refractivity contribution in [2.75, 3.05) is 0 Å². The smallest absolute Gasteiger partial charge is 0.266 e. The number of aryl methyl sites for hydroxylation is 1. The van der Waals surface area contributed by atoms with Crippen LogP contribution in [0, 0.1) is 5.82 Å². The van der Waals surface area contributed by atoms with Crippen molar-refractivity contribution in [3.05, 3.63) is 41.8 Å². The van der Waals surface area contributed by atoms with Crippen molar-refractivity contribution in [1.82, 2.24) is 9.78 Å². The third kappa shape index (κ3) is 1.79. The Morgan fingerprint density at radius 2 is 2.00 bits per heavy atom. The lowest BCUT2D eigenvalue weighted by Gasteiger charge is -1.95. The molecular formula is C11H10FN3O. The molecule has 0 aliphatic rings. The first-order chi connectivity index (χ1) is 7.58. The summed E-state index contributed by atoms with van der Waals surface area (Å²) in [7, 11) is 1.63. The van der Waals surface area contributed by atoms with Crippen LogP contribution in [0.5, 0.6) is 0 Å². The highest BCUT2D eigenvalue weighted by Crippen LogP contribution is 2.18. The van der Waals surface area contributed by atoms with Crippen LogP contribution in [0.3, 0.4) is 0 Å². The molecule has 1 heterocycles. The van der Waals surface area contributed by atoms with Crippen molar-refractivity contribution in [3.63, 3.8) is 0 Å². The number of hydrogen-bond donors (Lipinski definition) is 1. The molecule has 1 aromatic carbocycles. The third-order valence-electron chi connectivity index (χ3n) is 2.27.